The Bertz CT molecular complexity index is 556. The van der Waals surface area contributed by atoms with Crippen molar-refractivity contribution in [1.82, 2.24) is 0 Å². The number of hydrogen-bond donors (Lipinski definition) is 1. The first-order valence-corrected chi connectivity index (χ1v) is 7.16. The lowest BCUT2D eigenvalue weighted by Crippen LogP contribution is -2.17. The minimum Gasteiger partial charge on any atom is -0.486 e. The number of halogens is 1. The standard InChI is InChI=1S/C15H16ClNO3/c16-11-8-13-14(20-6-5-19-13)9-12(11)17-15(18)7-10-3-1-2-4-10/h1,3,8-10H,2,4-7H2,(H,17,18). The molecule has 1 aliphatic carbocycles. The third-order valence-electron chi connectivity index (χ3n) is 3.47. The van der Waals surface area contributed by atoms with Crippen LogP contribution in [0.25, 0.3) is 0 Å². The van der Waals surface area contributed by atoms with E-state index in [-0.39, 0.29) is 5.91 Å². The molecule has 1 atom stereocenters. The summed E-state index contributed by atoms with van der Waals surface area (Å²) < 4.78 is 10.9. The van der Waals surface area contributed by atoms with Gasteiger partial charge in [-0.15, -0.1) is 0 Å². The average molecular weight is 294 g/mol. The van der Waals surface area contributed by atoms with Crippen LogP contribution >= 0.6 is 11.6 Å². The van der Waals surface area contributed by atoms with Crippen LogP contribution in [0.4, 0.5) is 5.69 Å². The summed E-state index contributed by atoms with van der Waals surface area (Å²) in [6.07, 6.45) is 6.81. The largest absolute Gasteiger partial charge is 0.486 e. The molecule has 1 unspecified atom stereocenters. The van der Waals surface area contributed by atoms with Crippen LogP contribution in [0.2, 0.25) is 5.02 Å². The second kappa shape index (κ2) is 5.75. The van der Waals surface area contributed by atoms with Crippen LogP contribution in [0.15, 0.2) is 24.3 Å². The summed E-state index contributed by atoms with van der Waals surface area (Å²) >= 11 is 6.16. The minimum absolute atomic E-state index is 0.0277. The summed E-state index contributed by atoms with van der Waals surface area (Å²) in [4.78, 5) is 12.0. The Kier molecular flexibility index (Phi) is 3.83. The molecule has 1 heterocycles. The maximum atomic E-state index is 12.0. The van der Waals surface area contributed by atoms with Crippen molar-refractivity contribution in [2.75, 3.05) is 18.5 Å². The highest BCUT2D eigenvalue weighted by Gasteiger charge is 2.18. The molecule has 0 radical (unpaired) electrons. The zero-order valence-electron chi connectivity index (χ0n) is 11.0. The number of ether oxygens (including phenoxy) is 2. The van der Waals surface area contributed by atoms with Crippen LogP contribution in [0, 0.1) is 5.92 Å². The van der Waals surface area contributed by atoms with Crippen LogP contribution in [-0.2, 0) is 4.79 Å². The van der Waals surface area contributed by atoms with E-state index in [1.807, 2.05) is 0 Å². The Labute approximate surface area is 122 Å². The molecule has 4 nitrogen and oxygen atoms in total. The Hall–Kier alpha value is -1.68. The van der Waals surface area contributed by atoms with Crippen molar-refractivity contribution in [3.63, 3.8) is 0 Å². The molecule has 20 heavy (non-hydrogen) atoms. The third-order valence-corrected chi connectivity index (χ3v) is 3.78. The van der Waals surface area contributed by atoms with E-state index in [4.69, 9.17) is 21.1 Å². The summed E-state index contributed by atoms with van der Waals surface area (Å²) in [7, 11) is 0. The molecule has 1 aliphatic heterocycles. The van der Waals surface area contributed by atoms with Gasteiger partial charge in [0.05, 0.1) is 10.7 Å². The van der Waals surface area contributed by atoms with Gasteiger partial charge in [0.2, 0.25) is 5.91 Å². The maximum Gasteiger partial charge on any atom is 0.225 e. The van der Waals surface area contributed by atoms with Gasteiger partial charge in [-0.1, -0.05) is 23.8 Å². The zero-order valence-corrected chi connectivity index (χ0v) is 11.8. The van der Waals surface area contributed by atoms with Crippen LogP contribution in [0.1, 0.15) is 19.3 Å². The van der Waals surface area contributed by atoms with Gasteiger partial charge in [0.1, 0.15) is 13.2 Å². The Morgan fingerprint density at radius 2 is 2.05 bits per heavy atom. The molecule has 0 fully saturated rings. The summed E-state index contributed by atoms with van der Waals surface area (Å²) in [6.45, 7) is 1.03. The number of carbonyl (C=O) groups is 1. The fourth-order valence-electron chi connectivity index (χ4n) is 2.46. The molecule has 0 aromatic heterocycles. The van der Waals surface area contributed by atoms with E-state index in [2.05, 4.69) is 17.5 Å². The average Bonchev–Trinajstić information content (AvgIpc) is 2.92. The van der Waals surface area contributed by atoms with Crippen LogP contribution in [0.3, 0.4) is 0 Å². The number of nitrogens with one attached hydrogen (secondary N) is 1. The van der Waals surface area contributed by atoms with Crippen LogP contribution in [0.5, 0.6) is 11.5 Å². The predicted molar refractivity (Wildman–Crippen MR) is 77.6 cm³/mol. The fourth-order valence-corrected chi connectivity index (χ4v) is 2.67. The molecule has 1 aromatic rings. The normalized spacial score (nSPS) is 19.9. The SMILES string of the molecule is O=C(CC1C=CCC1)Nc1cc2c(cc1Cl)OCCO2. The van der Waals surface area contributed by atoms with E-state index in [0.29, 0.717) is 47.8 Å². The van der Waals surface area contributed by atoms with Gasteiger partial charge in [-0.25, -0.2) is 0 Å². The van der Waals surface area contributed by atoms with Gasteiger partial charge in [-0.3, -0.25) is 4.79 Å². The first-order valence-electron chi connectivity index (χ1n) is 6.78. The minimum atomic E-state index is -0.0277. The predicted octanol–water partition coefficient (Wildman–Crippen LogP) is 3.41. The molecule has 3 rings (SSSR count). The van der Waals surface area contributed by atoms with Crippen LogP contribution < -0.4 is 14.8 Å². The number of amides is 1. The molecule has 2 aliphatic rings. The van der Waals surface area contributed by atoms with Crippen molar-refractivity contribution < 1.29 is 14.3 Å². The molecule has 1 amide bonds. The monoisotopic (exact) mass is 293 g/mol. The Morgan fingerprint density at radius 1 is 1.30 bits per heavy atom. The number of benzene rings is 1. The lowest BCUT2D eigenvalue weighted by molar-refractivity contribution is -0.116. The Balaban J connectivity index is 1.70. The van der Waals surface area contributed by atoms with E-state index >= 15 is 0 Å². The van der Waals surface area contributed by atoms with Gasteiger partial charge in [-0.05, 0) is 18.8 Å². The lowest BCUT2D eigenvalue weighted by Gasteiger charge is -2.20. The summed E-state index contributed by atoms with van der Waals surface area (Å²) in [6, 6.07) is 3.40. The molecule has 0 saturated heterocycles. The van der Waals surface area contributed by atoms with Gasteiger partial charge < -0.3 is 14.8 Å². The molecular formula is C15H16ClNO3. The second-order valence-electron chi connectivity index (χ2n) is 4.99. The maximum absolute atomic E-state index is 12.0. The molecule has 5 heteroatoms. The fraction of sp³-hybridized carbons (Fsp3) is 0.400. The lowest BCUT2D eigenvalue weighted by atomic mass is 10.1. The topological polar surface area (TPSA) is 47.6 Å². The zero-order chi connectivity index (χ0) is 13.9. The molecule has 1 N–H and O–H groups in total. The van der Waals surface area contributed by atoms with Crippen molar-refractivity contribution in [2.24, 2.45) is 5.92 Å². The molecular weight excluding hydrogens is 278 g/mol. The van der Waals surface area contributed by atoms with E-state index in [1.54, 1.807) is 12.1 Å². The van der Waals surface area contributed by atoms with Gasteiger partial charge in [-0.2, -0.15) is 0 Å². The third kappa shape index (κ3) is 2.90. The van der Waals surface area contributed by atoms with Crippen molar-refractivity contribution in [1.29, 1.82) is 0 Å². The molecule has 0 bridgehead atoms. The van der Waals surface area contributed by atoms with Crippen molar-refractivity contribution >= 4 is 23.2 Å². The number of rotatable bonds is 3. The van der Waals surface area contributed by atoms with Crippen LogP contribution in [-0.4, -0.2) is 19.1 Å². The van der Waals surface area contributed by atoms with Crippen molar-refractivity contribution in [2.45, 2.75) is 19.3 Å². The summed E-state index contributed by atoms with van der Waals surface area (Å²) in [5.74, 6) is 1.56. The summed E-state index contributed by atoms with van der Waals surface area (Å²) in [5.41, 5.74) is 0.572. The highest BCUT2D eigenvalue weighted by atomic mass is 35.5. The number of carbonyl (C=O) groups excluding carboxylic acids is 1. The first-order chi connectivity index (χ1) is 9.72. The van der Waals surface area contributed by atoms with Gasteiger partial charge in [0.15, 0.2) is 11.5 Å². The van der Waals surface area contributed by atoms with E-state index in [1.165, 1.54) is 0 Å². The number of anilines is 1. The quantitative estimate of drug-likeness (QED) is 0.869. The number of hydrogen-bond acceptors (Lipinski definition) is 3. The highest BCUT2D eigenvalue weighted by molar-refractivity contribution is 6.34. The molecule has 1 aromatic carbocycles. The summed E-state index contributed by atoms with van der Waals surface area (Å²) in [5, 5.41) is 3.31. The second-order valence-corrected chi connectivity index (χ2v) is 5.40. The highest BCUT2D eigenvalue weighted by Crippen LogP contribution is 2.38. The van der Waals surface area contributed by atoms with Crippen molar-refractivity contribution in [3.05, 3.63) is 29.3 Å². The Morgan fingerprint density at radius 3 is 2.75 bits per heavy atom. The number of fused-ring (bicyclic) bond motifs is 1. The molecule has 0 spiro atoms. The smallest absolute Gasteiger partial charge is 0.225 e. The van der Waals surface area contributed by atoms with Crippen molar-refractivity contribution in [3.8, 4) is 11.5 Å². The van der Waals surface area contributed by atoms with E-state index in [9.17, 15) is 4.79 Å². The molecule has 106 valence electrons. The van der Waals surface area contributed by atoms with Gasteiger partial charge >= 0.3 is 0 Å². The number of allylic oxidation sites excluding steroid dienone is 2. The van der Waals surface area contributed by atoms with Gasteiger partial charge in [0, 0.05) is 18.6 Å². The van der Waals surface area contributed by atoms with Gasteiger partial charge in [0.25, 0.3) is 0 Å². The first kappa shape index (κ1) is 13.3. The van der Waals surface area contributed by atoms with E-state index in [0.717, 1.165) is 12.8 Å². The molecule has 0 saturated carbocycles. The van der Waals surface area contributed by atoms with E-state index < -0.39 is 0 Å².